The van der Waals surface area contributed by atoms with Crippen molar-refractivity contribution in [2.45, 2.75) is 75.9 Å². The molecule has 0 aromatic rings. The average Bonchev–Trinajstić information content (AvgIpc) is 2.62. The van der Waals surface area contributed by atoms with Gasteiger partial charge in [-0.15, -0.1) is 0 Å². The van der Waals surface area contributed by atoms with Gasteiger partial charge in [-0.3, -0.25) is 4.90 Å². The zero-order valence-electron chi connectivity index (χ0n) is 15.2. The van der Waals surface area contributed by atoms with E-state index in [1.54, 1.807) is 0 Å². The third kappa shape index (κ3) is 3.05. The number of likely N-dealkylation sites (tertiary alicyclic amines) is 1. The maximum Gasteiger partial charge on any atom is 0.317 e. The van der Waals surface area contributed by atoms with Crippen molar-refractivity contribution in [3.05, 3.63) is 0 Å². The van der Waals surface area contributed by atoms with Crippen molar-refractivity contribution in [1.29, 1.82) is 0 Å². The van der Waals surface area contributed by atoms with Crippen LogP contribution in [-0.2, 0) is 0 Å². The van der Waals surface area contributed by atoms with Gasteiger partial charge in [0.25, 0.3) is 0 Å². The summed E-state index contributed by atoms with van der Waals surface area (Å²) in [6.07, 6.45) is 9.98. The standard InChI is InChI=1S/C19H34N4O/c1-19(8-10-20-11-9-19)22-12-6-16(7-13-22)23-17-5-3-2-4-15(17)14-21-18(23)24/h15-17,20H,2-14H2,1H3,(H,21,24)/t15-,17+/m1/s1. The van der Waals surface area contributed by atoms with Crippen molar-refractivity contribution in [3.8, 4) is 0 Å². The highest BCUT2D eigenvalue weighted by atomic mass is 16.2. The molecular formula is C19H34N4O. The van der Waals surface area contributed by atoms with E-state index < -0.39 is 0 Å². The van der Waals surface area contributed by atoms with E-state index in [1.807, 2.05) is 0 Å². The molecule has 0 bridgehead atoms. The third-order valence-electron chi connectivity index (χ3n) is 7.28. The molecule has 5 heteroatoms. The first-order chi connectivity index (χ1) is 11.7. The molecule has 4 fully saturated rings. The Labute approximate surface area is 146 Å². The SMILES string of the molecule is CC1(N2CCC(N3C(=O)NC[C@H]4CCCC[C@@H]43)CC2)CCNCC1. The van der Waals surface area contributed by atoms with Gasteiger partial charge in [-0.2, -0.15) is 0 Å². The summed E-state index contributed by atoms with van der Waals surface area (Å²) in [5.41, 5.74) is 0.369. The summed E-state index contributed by atoms with van der Waals surface area (Å²) in [4.78, 5) is 17.6. The number of nitrogens with one attached hydrogen (secondary N) is 2. The van der Waals surface area contributed by atoms with Crippen LogP contribution in [-0.4, -0.2) is 66.2 Å². The maximum absolute atomic E-state index is 12.6. The summed E-state index contributed by atoms with van der Waals surface area (Å²) in [7, 11) is 0. The monoisotopic (exact) mass is 334 g/mol. The first-order valence-electron chi connectivity index (χ1n) is 10.2. The van der Waals surface area contributed by atoms with Crippen molar-refractivity contribution in [3.63, 3.8) is 0 Å². The Bertz CT molecular complexity index is 454. The van der Waals surface area contributed by atoms with E-state index in [1.165, 1.54) is 38.5 Å². The fourth-order valence-corrected chi connectivity index (χ4v) is 5.65. The van der Waals surface area contributed by atoms with Gasteiger partial charge < -0.3 is 15.5 Å². The number of carbonyl (C=O) groups excluding carboxylic acids is 1. The summed E-state index contributed by atoms with van der Waals surface area (Å²) in [5, 5.41) is 6.66. The number of urea groups is 1. The van der Waals surface area contributed by atoms with E-state index in [4.69, 9.17) is 0 Å². The molecule has 4 rings (SSSR count). The van der Waals surface area contributed by atoms with Crippen LogP contribution in [0.3, 0.4) is 0 Å². The number of fused-ring (bicyclic) bond motifs is 1. The van der Waals surface area contributed by atoms with Crippen molar-refractivity contribution < 1.29 is 4.79 Å². The number of piperidine rings is 2. The first-order valence-corrected chi connectivity index (χ1v) is 10.2. The van der Waals surface area contributed by atoms with Crippen LogP contribution < -0.4 is 10.6 Å². The van der Waals surface area contributed by atoms with E-state index in [-0.39, 0.29) is 6.03 Å². The van der Waals surface area contributed by atoms with Crippen LogP contribution in [0.15, 0.2) is 0 Å². The summed E-state index contributed by atoms with van der Waals surface area (Å²) < 4.78 is 0. The fourth-order valence-electron chi connectivity index (χ4n) is 5.65. The number of carbonyl (C=O) groups is 1. The molecule has 0 radical (unpaired) electrons. The lowest BCUT2D eigenvalue weighted by molar-refractivity contribution is 0.00337. The fraction of sp³-hybridized carbons (Fsp3) is 0.947. The van der Waals surface area contributed by atoms with Gasteiger partial charge in [0.15, 0.2) is 0 Å². The van der Waals surface area contributed by atoms with E-state index in [0.29, 0.717) is 23.5 Å². The quantitative estimate of drug-likeness (QED) is 0.814. The van der Waals surface area contributed by atoms with Gasteiger partial charge >= 0.3 is 6.03 Å². The van der Waals surface area contributed by atoms with Gasteiger partial charge in [0, 0.05) is 37.3 Å². The molecule has 5 nitrogen and oxygen atoms in total. The van der Waals surface area contributed by atoms with Crippen LogP contribution in [0.1, 0.15) is 58.3 Å². The van der Waals surface area contributed by atoms with Gasteiger partial charge in [0.05, 0.1) is 0 Å². The van der Waals surface area contributed by atoms with Gasteiger partial charge in [0.1, 0.15) is 0 Å². The molecule has 136 valence electrons. The minimum absolute atomic E-state index is 0.213. The van der Waals surface area contributed by atoms with Crippen LogP contribution in [0.25, 0.3) is 0 Å². The topological polar surface area (TPSA) is 47.6 Å². The molecule has 2 atom stereocenters. The molecule has 24 heavy (non-hydrogen) atoms. The second-order valence-electron chi connectivity index (χ2n) is 8.67. The number of nitrogens with zero attached hydrogens (tertiary/aromatic N) is 2. The van der Waals surface area contributed by atoms with Crippen molar-refractivity contribution >= 4 is 6.03 Å². The van der Waals surface area contributed by atoms with E-state index in [0.717, 1.165) is 45.6 Å². The zero-order valence-corrected chi connectivity index (χ0v) is 15.2. The largest absolute Gasteiger partial charge is 0.338 e. The minimum Gasteiger partial charge on any atom is -0.338 e. The lowest BCUT2D eigenvalue weighted by Crippen LogP contribution is -2.64. The molecular weight excluding hydrogens is 300 g/mol. The minimum atomic E-state index is 0.213. The third-order valence-corrected chi connectivity index (χ3v) is 7.28. The van der Waals surface area contributed by atoms with Crippen LogP contribution in [0, 0.1) is 5.92 Å². The van der Waals surface area contributed by atoms with Crippen LogP contribution >= 0.6 is 0 Å². The number of rotatable bonds is 2. The lowest BCUT2D eigenvalue weighted by atomic mass is 9.80. The molecule has 1 aliphatic carbocycles. The molecule has 0 aromatic carbocycles. The van der Waals surface area contributed by atoms with Crippen molar-refractivity contribution in [2.75, 3.05) is 32.7 Å². The normalized spacial score (nSPS) is 35.4. The zero-order chi connectivity index (χ0) is 16.6. The molecule has 4 aliphatic rings. The number of hydrogen-bond donors (Lipinski definition) is 2. The summed E-state index contributed by atoms with van der Waals surface area (Å²) in [5.74, 6) is 0.691. The van der Waals surface area contributed by atoms with Crippen LogP contribution in [0.4, 0.5) is 4.79 Å². The molecule has 0 spiro atoms. The lowest BCUT2D eigenvalue weighted by Gasteiger charge is -2.52. The smallest absolute Gasteiger partial charge is 0.317 e. The maximum atomic E-state index is 12.6. The van der Waals surface area contributed by atoms with E-state index in [2.05, 4.69) is 27.4 Å². The van der Waals surface area contributed by atoms with Gasteiger partial charge in [-0.05, 0) is 64.5 Å². The molecule has 3 saturated heterocycles. The molecule has 0 aromatic heterocycles. The molecule has 0 unspecified atom stereocenters. The van der Waals surface area contributed by atoms with Gasteiger partial charge in [-0.25, -0.2) is 4.79 Å². The Morgan fingerprint density at radius 1 is 1.04 bits per heavy atom. The van der Waals surface area contributed by atoms with Gasteiger partial charge in [0.2, 0.25) is 0 Å². The Hall–Kier alpha value is -0.810. The Balaban J connectivity index is 1.40. The molecule has 3 heterocycles. The number of hydrogen-bond acceptors (Lipinski definition) is 3. The highest BCUT2D eigenvalue weighted by Gasteiger charge is 2.43. The van der Waals surface area contributed by atoms with Crippen molar-refractivity contribution in [2.24, 2.45) is 5.92 Å². The Morgan fingerprint density at radius 2 is 1.75 bits per heavy atom. The predicted octanol–water partition coefficient (Wildman–Crippen LogP) is 2.18. The number of amides is 2. The Kier molecular flexibility index (Phi) is 4.74. The molecule has 2 amide bonds. The van der Waals surface area contributed by atoms with Crippen LogP contribution in [0.5, 0.6) is 0 Å². The molecule has 3 aliphatic heterocycles. The van der Waals surface area contributed by atoms with Crippen LogP contribution in [0.2, 0.25) is 0 Å². The highest BCUT2D eigenvalue weighted by molar-refractivity contribution is 5.76. The second kappa shape index (κ2) is 6.83. The highest BCUT2D eigenvalue weighted by Crippen LogP contribution is 2.35. The summed E-state index contributed by atoms with van der Waals surface area (Å²) >= 11 is 0. The Morgan fingerprint density at radius 3 is 2.50 bits per heavy atom. The summed E-state index contributed by atoms with van der Waals surface area (Å²) in [6, 6.07) is 1.18. The summed E-state index contributed by atoms with van der Waals surface area (Å²) in [6.45, 7) is 7.96. The van der Waals surface area contributed by atoms with Crippen molar-refractivity contribution in [1.82, 2.24) is 20.4 Å². The molecule has 1 saturated carbocycles. The molecule has 2 N–H and O–H groups in total. The van der Waals surface area contributed by atoms with E-state index in [9.17, 15) is 4.79 Å². The predicted molar refractivity (Wildman–Crippen MR) is 96.1 cm³/mol. The average molecular weight is 335 g/mol. The second-order valence-corrected chi connectivity index (χ2v) is 8.67. The van der Waals surface area contributed by atoms with Gasteiger partial charge in [-0.1, -0.05) is 12.8 Å². The first kappa shape index (κ1) is 16.6. The van der Waals surface area contributed by atoms with E-state index >= 15 is 0 Å².